The van der Waals surface area contributed by atoms with Gasteiger partial charge in [-0.1, -0.05) is 23.2 Å². The molecule has 19 heavy (non-hydrogen) atoms. The standard InChI is InChI=1S/C12H18Cl2N4O/c13-9-8-10(14)12(16-11(9)15)18-3-1-2-17(4-5-18)6-7-19/h8,19H,1-7H2,(H2,15,16). The number of nitrogens with two attached hydrogens (primary N) is 1. The molecule has 1 aromatic heterocycles. The van der Waals surface area contributed by atoms with Crippen molar-refractivity contribution in [1.82, 2.24) is 9.88 Å². The van der Waals surface area contributed by atoms with Crippen molar-refractivity contribution in [3.8, 4) is 0 Å². The highest BCUT2D eigenvalue weighted by Gasteiger charge is 2.18. The normalized spacial score (nSPS) is 17.5. The first-order valence-corrected chi connectivity index (χ1v) is 7.07. The van der Waals surface area contributed by atoms with Gasteiger partial charge in [0, 0.05) is 26.2 Å². The molecule has 1 aliphatic rings. The van der Waals surface area contributed by atoms with Crippen LogP contribution in [0.2, 0.25) is 10.0 Å². The fraction of sp³-hybridized carbons (Fsp3) is 0.583. The lowest BCUT2D eigenvalue weighted by Crippen LogP contribution is -2.32. The maximum Gasteiger partial charge on any atom is 0.149 e. The van der Waals surface area contributed by atoms with E-state index in [1.807, 2.05) is 0 Å². The van der Waals surface area contributed by atoms with Crippen LogP contribution in [0.1, 0.15) is 6.42 Å². The van der Waals surface area contributed by atoms with Crippen molar-refractivity contribution in [1.29, 1.82) is 0 Å². The van der Waals surface area contributed by atoms with Crippen LogP contribution in [0.3, 0.4) is 0 Å². The number of aliphatic hydroxyl groups is 1. The van der Waals surface area contributed by atoms with Crippen LogP contribution < -0.4 is 10.6 Å². The summed E-state index contributed by atoms with van der Waals surface area (Å²) in [5.41, 5.74) is 5.74. The molecule has 0 amide bonds. The number of aliphatic hydroxyl groups excluding tert-OH is 1. The fourth-order valence-corrected chi connectivity index (χ4v) is 2.72. The summed E-state index contributed by atoms with van der Waals surface area (Å²) in [4.78, 5) is 8.63. The third-order valence-electron chi connectivity index (χ3n) is 3.24. The molecule has 0 aromatic carbocycles. The number of rotatable bonds is 3. The van der Waals surface area contributed by atoms with Gasteiger partial charge in [-0.05, 0) is 19.0 Å². The molecule has 0 radical (unpaired) electrons. The summed E-state index contributed by atoms with van der Waals surface area (Å²) >= 11 is 12.1. The topological polar surface area (TPSA) is 65.6 Å². The largest absolute Gasteiger partial charge is 0.395 e. The summed E-state index contributed by atoms with van der Waals surface area (Å²) in [5.74, 6) is 0.993. The van der Waals surface area contributed by atoms with E-state index in [0.29, 0.717) is 28.2 Å². The molecule has 1 aliphatic heterocycles. The average molecular weight is 305 g/mol. The Hall–Kier alpha value is -0.750. The second-order valence-electron chi connectivity index (χ2n) is 4.57. The van der Waals surface area contributed by atoms with Crippen molar-refractivity contribution in [3.63, 3.8) is 0 Å². The van der Waals surface area contributed by atoms with Gasteiger partial charge in [0.25, 0.3) is 0 Å². The van der Waals surface area contributed by atoms with Crippen LogP contribution in [0.4, 0.5) is 11.6 Å². The second-order valence-corrected chi connectivity index (χ2v) is 5.38. The molecule has 1 saturated heterocycles. The van der Waals surface area contributed by atoms with E-state index >= 15 is 0 Å². The average Bonchev–Trinajstić information content (AvgIpc) is 2.60. The zero-order chi connectivity index (χ0) is 13.8. The van der Waals surface area contributed by atoms with E-state index < -0.39 is 0 Å². The Kier molecular flexibility index (Phi) is 5.10. The lowest BCUT2D eigenvalue weighted by atomic mass is 10.3. The van der Waals surface area contributed by atoms with Gasteiger partial charge in [-0.2, -0.15) is 0 Å². The van der Waals surface area contributed by atoms with Crippen LogP contribution in [0.25, 0.3) is 0 Å². The van der Waals surface area contributed by atoms with Crippen LogP contribution in [0, 0.1) is 0 Å². The third kappa shape index (κ3) is 3.63. The van der Waals surface area contributed by atoms with Crippen LogP contribution in [0.5, 0.6) is 0 Å². The number of nitrogens with zero attached hydrogens (tertiary/aromatic N) is 3. The van der Waals surface area contributed by atoms with E-state index in [4.69, 9.17) is 34.0 Å². The number of β-amino-alcohol motifs (C(OH)–C–C–N with tert-alkyl or cyclic N) is 1. The summed E-state index contributed by atoms with van der Waals surface area (Å²) in [6.45, 7) is 4.42. The number of halogens is 2. The van der Waals surface area contributed by atoms with Crippen LogP contribution in [-0.4, -0.2) is 54.3 Å². The maximum atomic E-state index is 8.98. The van der Waals surface area contributed by atoms with Crippen molar-refractivity contribution < 1.29 is 5.11 Å². The SMILES string of the molecule is Nc1nc(N2CCCN(CCO)CC2)c(Cl)cc1Cl. The number of hydrogen-bond donors (Lipinski definition) is 2. The van der Waals surface area contributed by atoms with Gasteiger partial charge < -0.3 is 15.7 Å². The molecule has 0 aliphatic carbocycles. The molecule has 0 spiro atoms. The van der Waals surface area contributed by atoms with Gasteiger partial charge in [-0.25, -0.2) is 4.98 Å². The lowest BCUT2D eigenvalue weighted by molar-refractivity contribution is 0.204. The second kappa shape index (κ2) is 6.61. The first-order chi connectivity index (χ1) is 9.11. The van der Waals surface area contributed by atoms with Gasteiger partial charge in [0.05, 0.1) is 16.7 Å². The molecule has 1 fully saturated rings. The number of anilines is 2. The van der Waals surface area contributed by atoms with Crippen molar-refractivity contribution in [2.45, 2.75) is 6.42 Å². The van der Waals surface area contributed by atoms with Crippen molar-refractivity contribution in [2.75, 3.05) is 50.0 Å². The van der Waals surface area contributed by atoms with E-state index in [-0.39, 0.29) is 6.61 Å². The molecular formula is C12H18Cl2N4O. The Morgan fingerprint density at radius 2 is 2.00 bits per heavy atom. The summed E-state index contributed by atoms with van der Waals surface area (Å²) in [6.07, 6.45) is 1.00. The first-order valence-electron chi connectivity index (χ1n) is 6.31. The zero-order valence-corrected chi connectivity index (χ0v) is 12.2. The first kappa shape index (κ1) is 14.7. The van der Waals surface area contributed by atoms with Gasteiger partial charge in [0.15, 0.2) is 0 Å². The number of aromatic nitrogens is 1. The molecule has 7 heteroatoms. The Bertz CT molecular complexity index is 444. The lowest BCUT2D eigenvalue weighted by Gasteiger charge is -2.23. The minimum Gasteiger partial charge on any atom is -0.395 e. The predicted octanol–water partition coefficient (Wildman–Crippen LogP) is 1.48. The number of nitrogen functional groups attached to an aromatic ring is 1. The predicted molar refractivity (Wildman–Crippen MR) is 79.0 cm³/mol. The fourth-order valence-electron chi connectivity index (χ4n) is 2.24. The Labute approximate surface area is 122 Å². The van der Waals surface area contributed by atoms with E-state index in [0.717, 1.165) is 32.6 Å². The molecule has 3 N–H and O–H groups in total. The van der Waals surface area contributed by atoms with E-state index in [2.05, 4.69) is 14.8 Å². The van der Waals surface area contributed by atoms with Gasteiger partial charge in [0.1, 0.15) is 11.6 Å². The highest BCUT2D eigenvalue weighted by atomic mass is 35.5. The quantitative estimate of drug-likeness (QED) is 0.885. The van der Waals surface area contributed by atoms with Gasteiger partial charge in [-0.15, -0.1) is 0 Å². The molecule has 106 valence electrons. The Morgan fingerprint density at radius 1 is 1.21 bits per heavy atom. The number of pyridine rings is 1. The summed E-state index contributed by atoms with van der Waals surface area (Å²) in [6, 6.07) is 1.64. The van der Waals surface area contributed by atoms with E-state index in [9.17, 15) is 0 Å². The van der Waals surface area contributed by atoms with Gasteiger partial charge in [0.2, 0.25) is 0 Å². The molecule has 1 aromatic rings. The van der Waals surface area contributed by atoms with E-state index in [1.54, 1.807) is 6.07 Å². The number of hydrogen-bond acceptors (Lipinski definition) is 5. The summed E-state index contributed by atoms with van der Waals surface area (Å²) < 4.78 is 0. The Balaban J connectivity index is 2.12. The monoisotopic (exact) mass is 304 g/mol. The van der Waals surface area contributed by atoms with Gasteiger partial charge >= 0.3 is 0 Å². The molecule has 0 atom stereocenters. The maximum absolute atomic E-state index is 8.98. The highest BCUT2D eigenvalue weighted by Crippen LogP contribution is 2.30. The van der Waals surface area contributed by atoms with Crippen molar-refractivity contribution >= 4 is 34.8 Å². The van der Waals surface area contributed by atoms with Crippen LogP contribution in [0.15, 0.2) is 6.07 Å². The smallest absolute Gasteiger partial charge is 0.149 e. The van der Waals surface area contributed by atoms with Crippen molar-refractivity contribution in [2.24, 2.45) is 0 Å². The van der Waals surface area contributed by atoms with Gasteiger partial charge in [-0.3, -0.25) is 4.90 Å². The molecule has 0 saturated carbocycles. The highest BCUT2D eigenvalue weighted by molar-refractivity contribution is 6.37. The summed E-state index contributed by atoms with van der Waals surface area (Å²) in [5, 5.41) is 9.89. The third-order valence-corrected chi connectivity index (χ3v) is 3.82. The molecular weight excluding hydrogens is 287 g/mol. The molecule has 2 heterocycles. The zero-order valence-electron chi connectivity index (χ0n) is 10.6. The summed E-state index contributed by atoms with van der Waals surface area (Å²) in [7, 11) is 0. The molecule has 0 unspecified atom stereocenters. The van der Waals surface area contributed by atoms with E-state index in [1.165, 1.54) is 0 Å². The van der Waals surface area contributed by atoms with Crippen LogP contribution in [-0.2, 0) is 0 Å². The molecule has 5 nitrogen and oxygen atoms in total. The minimum atomic E-state index is 0.187. The minimum absolute atomic E-state index is 0.187. The van der Waals surface area contributed by atoms with Crippen LogP contribution >= 0.6 is 23.2 Å². The molecule has 0 bridgehead atoms. The Morgan fingerprint density at radius 3 is 2.74 bits per heavy atom. The molecule has 2 rings (SSSR count). The van der Waals surface area contributed by atoms with Crippen molar-refractivity contribution in [3.05, 3.63) is 16.1 Å².